The van der Waals surface area contributed by atoms with E-state index in [4.69, 9.17) is 11.6 Å². The molecule has 12 heavy (non-hydrogen) atoms. The van der Waals surface area contributed by atoms with Crippen LogP contribution in [0.25, 0.3) is 0 Å². The molecule has 0 saturated heterocycles. The van der Waals surface area contributed by atoms with E-state index in [1.54, 1.807) is 24.3 Å². The molecule has 0 spiro atoms. The predicted molar refractivity (Wildman–Crippen MR) is 52.6 cm³/mol. The van der Waals surface area contributed by atoms with Crippen molar-refractivity contribution >= 4 is 16.8 Å². The molecule has 0 aliphatic rings. The van der Waals surface area contributed by atoms with Gasteiger partial charge in [-0.05, 0) is 11.6 Å². The molecule has 2 heteroatoms. The second-order valence-corrected chi connectivity index (χ2v) is 2.69. The van der Waals surface area contributed by atoms with E-state index in [1.165, 1.54) is 6.42 Å². The minimum atomic E-state index is -0.407. The van der Waals surface area contributed by atoms with Crippen molar-refractivity contribution in [2.75, 3.05) is 0 Å². The van der Waals surface area contributed by atoms with Crippen molar-refractivity contribution in [1.82, 2.24) is 0 Å². The van der Waals surface area contributed by atoms with Crippen LogP contribution in [0.3, 0.4) is 0 Å². The number of hydrogen-bond acceptors (Lipinski definition) is 1. The van der Waals surface area contributed by atoms with Gasteiger partial charge in [0.15, 0.2) is 0 Å². The van der Waals surface area contributed by atoms with Crippen molar-refractivity contribution in [3.63, 3.8) is 0 Å². The third kappa shape index (κ3) is 4.91. The Morgan fingerprint density at radius 3 is 1.92 bits per heavy atom. The first-order valence-electron chi connectivity index (χ1n) is 3.97. The molecule has 0 fully saturated rings. The normalized spacial score (nSPS) is 8.25. The summed E-state index contributed by atoms with van der Waals surface area (Å²) in [4.78, 5) is 10.4. The number of hydrogen-bond donors (Lipinski definition) is 0. The molecule has 1 rings (SSSR count). The standard InChI is InChI=1S/C7H5ClO.C3H8/c8-7(9)6-4-2-1-3-5-6;1-3-2/h1-5H;3H2,1-2H3. The van der Waals surface area contributed by atoms with Crippen LogP contribution in [0.2, 0.25) is 0 Å². The van der Waals surface area contributed by atoms with Gasteiger partial charge >= 0.3 is 0 Å². The smallest absolute Gasteiger partial charge is 0.252 e. The third-order valence-electron chi connectivity index (χ3n) is 1.00. The molecule has 0 heterocycles. The first-order chi connectivity index (χ1) is 5.72. The zero-order chi connectivity index (χ0) is 9.40. The SMILES string of the molecule is CCC.O=C(Cl)c1ccccc1. The van der Waals surface area contributed by atoms with E-state index >= 15 is 0 Å². The predicted octanol–water partition coefficient (Wildman–Crippen LogP) is 3.48. The summed E-state index contributed by atoms with van der Waals surface area (Å²) in [7, 11) is 0. The highest BCUT2D eigenvalue weighted by Gasteiger charge is 1.95. The van der Waals surface area contributed by atoms with Gasteiger partial charge in [0.05, 0.1) is 0 Å². The lowest BCUT2D eigenvalue weighted by molar-refractivity contribution is 0.108. The Bertz CT molecular complexity index is 219. The number of halogens is 1. The fraction of sp³-hybridized carbons (Fsp3) is 0.300. The summed E-state index contributed by atoms with van der Waals surface area (Å²) in [5, 5.41) is -0.407. The quantitative estimate of drug-likeness (QED) is 0.611. The number of carbonyl (C=O) groups is 1. The highest BCUT2D eigenvalue weighted by atomic mass is 35.5. The van der Waals surface area contributed by atoms with Crippen LogP contribution < -0.4 is 0 Å². The highest BCUT2D eigenvalue weighted by molar-refractivity contribution is 6.67. The van der Waals surface area contributed by atoms with Crippen molar-refractivity contribution < 1.29 is 4.79 Å². The van der Waals surface area contributed by atoms with Crippen molar-refractivity contribution in [3.05, 3.63) is 35.9 Å². The van der Waals surface area contributed by atoms with Crippen LogP contribution in [0.5, 0.6) is 0 Å². The molecule has 1 aromatic carbocycles. The molecular formula is C10H13ClO. The summed E-state index contributed by atoms with van der Waals surface area (Å²) in [6, 6.07) is 8.74. The first kappa shape index (κ1) is 11.2. The molecule has 66 valence electrons. The molecule has 0 aliphatic carbocycles. The molecular weight excluding hydrogens is 172 g/mol. The van der Waals surface area contributed by atoms with Gasteiger partial charge in [0.1, 0.15) is 0 Å². The molecule has 0 atom stereocenters. The van der Waals surface area contributed by atoms with Crippen LogP contribution in [0, 0.1) is 0 Å². The zero-order valence-electron chi connectivity index (χ0n) is 7.38. The Morgan fingerprint density at radius 1 is 1.25 bits per heavy atom. The maximum Gasteiger partial charge on any atom is 0.252 e. The lowest BCUT2D eigenvalue weighted by atomic mass is 10.2. The van der Waals surface area contributed by atoms with Gasteiger partial charge in [0, 0.05) is 5.56 Å². The van der Waals surface area contributed by atoms with Crippen LogP contribution in [0.1, 0.15) is 30.6 Å². The average Bonchev–Trinajstić information content (AvgIpc) is 2.07. The van der Waals surface area contributed by atoms with Crippen LogP contribution in [-0.4, -0.2) is 5.24 Å². The average molecular weight is 185 g/mol. The van der Waals surface area contributed by atoms with Gasteiger partial charge in [0.25, 0.3) is 5.24 Å². The fourth-order valence-corrected chi connectivity index (χ4v) is 0.695. The lowest BCUT2D eigenvalue weighted by Gasteiger charge is -1.87. The highest BCUT2D eigenvalue weighted by Crippen LogP contribution is 2.01. The van der Waals surface area contributed by atoms with Gasteiger partial charge in [0.2, 0.25) is 0 Å². The van der Waals surface area contributed by atoms with Crippen LogP contribution in [-0.2, 0) is 0 Å². The topological polar surface area (TPSA) is 17.1 Å². The van der Waals surface area contributed by atoms with E-state index in [-0.39, 0.29) is 0 Å². The fourth-order valence-electron chi connectivity index (χ4n) is 0.569. The van der Waals surface area contributed by atoms with Gasteiger partial charge < -0.3 is 0 Å². The van der Waals surface area contributed by atoms with E-state index in [0.29, 0.717) is 5.56 Å². The molecule has 0 bridgehead atoms. The Kier molecular flexibility index (Phi) is 6.39. The molecule has 0 aliphatic heterocycles. The Hall–Kier alpha value is -0.820. The van der Waals surface area contributed by atoms with E-state index < -0.39 is 5.24 Å². The minimum Gasteiger partial charge on any atom is -0.276 e. The van der Waals surface area contributed by atoms with Crippen molar-refractivity contribution in [1.29, 1.82) is 0 Å². The third-order valence-corrected chi connectivity index (χ3v) is 1.22. The maximum atomic E-state index is 10.4. The lowest BCUT2D eigenvalue weighted by Crippen LogP contribution is -1.84. The summed E-state index contributed by atoms with van der Waals surface area (Å²) in [6.07, 6.45) is 1.25. The number of benzene rings is 1. The molecule has 1 aromatic rings. The molecule has 1 nitrogen and oxygen atoms in total. The van der Waals surface area contributed by atoms with Crippen molar-refractivity contribution in [2.24, 2.45) is 0 Å². The number of carbonyl (C=O) groups excluding carboxylic acids is 1. The van der Waals surface area contributed by atoms with E-state index in [0.717, 1.165) is 0 Å². The van der Waals surface area contributed by atoms with Gasteiger partial charge in [-0.25, -0.2) is 0 Å². The Balaban J connectivity index is 0.000000354. The second-order valence-electron chi connectivity index (χ2n) is 2.35. The monoisotopic (exact) mass is 184 g/mol. The van der Waals surface area contributed by atoms with Gasteiger partial charge in [-0.3, -0.25) is 4.79 Å². The summed E-state index contributed by atoms with van der Waals surface area (Å²) < 4.78 is 0. The van der Waals surface area contributed by atoms with Crippen LogP contribution >= 0.6 is 11.6 Å². The van der Waals surface area contributed by atoms with E-state index in [9.17, 15) is 4.79 Å². The molecule has 0 N–H and O–H groups in total. The Morgan fingerprint density at radius 2 is 1.67 bits per heavy atom. The van der Waals surface area contributed by atoms with Crippen molar-refractivity contribution in [3.8, 4) is 0 Å². The van der Waals surface area contributed by atoms with Crippen LogP contribution in [0.15, 0.2) is 30.3 Å². The molecule has 0 unspecified atom stereocenters. The largest absolute Gasteiger partial charge is 0.276 e. The van der Waals surface area contributed by atoms with E-state index in [2.05, 4.69) is 13.8 Å². The molecule has 0 saturated carbocycles. The van der Waals surface area contributed by atoms with Gasteiger partial charge in [-0.2, -0.15) is 0 Å². The summed E-state index contributed by atoms with van der Waals surface area (Å²) in [5.41, 5.74) is 0.541. The zero-order valence-corrected chi connectivity index (χ0v) is 8.14. The number of rotatable bonds is 1. The molecule has 0 aromatic heterocycles. The first-order valence-corrected chi connectivity index (χ1v) is 4.35. The summed E-state index contributed by atoms with van der Waals surface area (Å²) >= 11 is 5.16. The summed E-state index contributed by atoms with van der Waals surface area (Å²) in [6.45, 7) is 4.25. The molecule has 0 radical (unpaired) electrons. The van der Waals surface area contributed by atoms with Gasteiger partial charge in [-0.15, -0.1) is 0 Å². The van der Waals surface area contributed by atoms with Crippen molar-refractivity contribution in [2.45, 2.75) is 20.3 Å². The summed E-state index contributed by atoms with van der Waals surface area (Å²) in [5.74, 6) is 0. The maximum absolute atomic E-state index is 10.4. The van der Waals surface area contributed by atoms with Gasteiger partial charge in [-0.1, -0.05) is 50.6 Å². The second kappa shape index (κ2) is 6.86. The Labute approximate surface area is 78.4 Å². The van der Waals surface area contributed by atoms with Crippen LogP contribution in [0.4, 0.5) is 0 Å². The molecule has 0 amide bonds. The minimum absolute atomic E-state index is 0.407. The van der Waals surface area contributed by atoms with E-state index in [1.807, 2.05) is 6.07 Å².